The minimum atomic E-state index is -4.85. The molecule has 1 unspecified atom stereocenters. The highest BCUT2D eigenvalue weighted by Gasteiger charge is 2.37. The molecule has 1 N–H and O–H groups in total. The molecular weight excluding hydrogens is 409 g/mol. The number of rotatable bonds is 5. The van der Waals surface area contributed by atoms with Crippen molar-refractivity contribution in [3.8, 4) is 16.9 Å². The van der Waals surface area contributed by atoms with Crippen LogP contribution in [0.2, 0.25) is 5.02 Å². The second-order valence-corrected chi connectivity index (χ2v) is 8.17. The number of ether oxygens (including phenoxy) is 1. The maximum Gasteiger partial charge on any atom is 0.420 e. The number of carboxylic acids is 1. The van der Waals surface area contributed by atoms with Gasteiger partial charge in [0, 0.05) is 16.8 Å². The number of carbonyl (C=O) groups is 1. The highest BCUT2D eigenvalue weighted by atomic mass is 35.5. The van der Waals surface area contributed by atoms with Crippen LogP contribution in [0, 0.1) is 0 Å². The molecule has 2 aromatic carbocycles. The number of halogens is 4. The van der Waals surface area contributed by atoms with E-state index >= 15 is 0 Å². The number of benzene rings is 2. The van der Waals surface area contributed by atoms with Crippen LogP contribution in [-0.2, 0) is 20.8 Å². The van der Waals surface area contributed by atoms with Crippen LogP contribution in [0.4, 0.5) is 13.2 Å². The van der Waals surface area contributed by atoms with Crippen LogP contribution in [0.1, 0.15) is 12.5 Å². The smallest absolute Gasteiger partial charge is 0.420 e. The van der Waals surface area contributed by atoms with Gasteiger partial charge in [0.25, 0.3) is 0 Å². The molecule has 1 atom stereocenters. The molecule has 5 nitrogen and oxygen atoms in total. The zero-order valence-corrected chi connectivity index (χ0v) is 15.6. The van der Waals surface area contributed by atoms with Crippen molar-refractivity contribution in [2.45, 2.75) is 24.1 Å². The Morgan fingerprint density at radius 2 is 1.74 bits per heavy atom. The summed E-state index contributed by atoms with van der Waals surface area (Å²) in [5, 5.41) is 8.74. The van der Waals surface area contributed by atoms with Gasteiger partial charge in [0.1, 0.15) is 5.75 Å². The van der Waals surface area contributed by atoms with E-state index < -0.39 is 39.4 Å². The summed E-state index contributed by atoms with van der Waals surface area (Å²) >= 11 is 5.81. The summed E-state index contributed by atoms with van der Waals surface area (Å²) in [7, 11) is -3.50. The predicted molar refractivity (Wildman–Crippen MR) is 92.7 cm³/mol. The summed E-state index contributed by atoms with van der Waals surface area (Å²) in [6.45, 7) is 1.09. The largest absolute Gasteiger partial charge is 0.479 e. The molecular formula is C17H14ClF3O5S. The highest BCUT2D eigenvalue weighted by Crippen LogP contribution is 2.44. The first-order valence-electron chi connectivity index (χ1n) is 7.41. The number of hydrogen-bond acceptors (Lipinski definition) is 4. The molecule has 0 saturated carbocycles. The lowest BCUT2D eigenvalue weighted by atomic mass is 10.0. The number of carboxylic acid groups (broad SMARTS) is 1. The van der Waals surface area contributed by atoms with Crippen molar-refractivity contribution in [1.29, 1.82) is 0 Å². The lowest BCUT2D eigenvalue weighted by molar-refractivity contribution is -0.147. The third kappa shape index (κ3) is 4.92. The van der Waals surface area contributed by atoms with Crippen molar-refractivity contribution >= 4 is 27.4 Å². The molecule has 0 aliphatic heterocycles. The van der Waals surface area contributed by atoms with Gasteiger partial charge < -0.3 is 9.84 Å². The second-order valence-electron chi connectivity index (χ2n) is 5.72. The van der Waals surface area contributed by atoms with Gasteiger partial charge in [0.15, 0.2) is 15.9 Å². The first-order chi connectivity index (χ1) is 12.3. The molecule has 0 spiro atoms. The Morgan fingerprint density at radius 3 is 2.19 bits per heavy atom. The van der Waals surface area contributed by atoms with Crippen molar-refractivity contribution in [3.63, 3.8) is 0 Å². The maximum absolute atomic E-state index is 13.4. The fourth-order valence-electron chi connectivity index (χ4n) is 2.25. The SMILES string of the molecule is CC(Oc1c(-c2ccc(S(C)(=O)=O)cc2)cc(Cl)cc1C(F)(F)F)C(=O)O. The topological polar surface area (TPSA) is 80.7 Å². The minimum Gasteiger partial charge on any atom is -0.479 e. The molecule has 0 amide bonds. The van der Waals surface area contributed by atoms with E-state index in [4.69, 9.17) is 21.4 Å². The third-order valence-corrected chi connectivity index (χ3v) is 4.94. The summed E-state index contributed by atoms with van der Waals surface area (Å²) in [6, 6.07) is 6.86. The Balaban J connectivity index is 2.70. The van der Waals surface area contributed by atoms with Crippen molar-refractivity contribution < 1.29 is 36.2 Å². The number of hydrogen-bond donors (Lipinski definition) is 1. The number of alkyl halides is 3. The van der Waals surface area contributed by atoms with Gasteiger partial charge in [-0.1, -0.05) is 23.7 Å². The highest BCUT2D eigenvalue weighted by molar-refractivity contribution is 7.90. The van der Waals surface area contributed by atoms with Crippen molar-refractivity contribution in [1.82, 2.24) is 0 Å². The Labute approximate surface area is 158 Å². The van der Waals surface area contributed by atoms with Gasteiger partial charge in [-0.2, -0.15) is 13.2 Å². The van der Waals surface area contributed by atoms with Crippen LogP contribution in [0.3, 0.4) is 0 Å². The van der Waals surface area contributed by atoms with Gasteiger partial charge in [-0.3, -0.25) is 0 Å². The van der Waals surface area contributed by atoms with Crippen LogP contribution in [0.5, 0.6) is 5.75 Å². The van der Waals surface area contributed by atoms with E-state index in [2.05, 4.69) is 0 Å². The quantitative estimate of drug-likeness (QED) is 0.777. The molecule has 0 saturated heterocycles. The summed E-state index contributed by atoms with van der Waals surface area (Å²) in [5.41, 5.74) is -1.16. The van der Waals surface area contributed by atoms with Crippen LogP contribution < -0.4 is 4.74 Å². The third-order valence-electron chi connectivity index (χ3n) is 3.59. The summed E-state index contributed by atoms with van der Waals surface area (Å²) in [5.74, 6) is -2.15. The van der Waals surface area contributed by atoms with Gasteiger partial charge in [-0.05, 0) is 36.8 Å². The normalized spacial score (nSPS) is 13.3. The van der Waals surface area contributed by atoms with Crippen molar-refractivity contribution in [2.24, 2.45) is 0 Å². The molecule has 0 aliphatic carbocycles. The van der Waals surface area contributed by atoms with Crippen LogP contribution in [-0.4, -0.2) is 31.9 Å². The summed E-state index contributed by atoms with van der Waals surface area (Å²) in [6.07, 6.45) is -5.41. The Bertz CT molecular complexity index is 969. The molecule has 0 heterocycles. The standard InChI is InChI=1S/C17H14ClF3O5S/c1-9(16(22)23)26-15-13(7-11(18)8-14(15)17(19,20)21)10-3-5-12(6-4-10)27(2,24)25/h3-9H,1-2H3,(H,22,23). The lowest BCUT2D eigenvalue weighted by Crippen LogP contribution is -2.24. The van der Waals surface area contributed by atoms with Crippen LogP contribution >= 0.6 is 11.6 Å². The molecule has 2 rings (SSSR count). The zero-order valence-electron chi connectivity index (χ0n) is 14.0. The van der Waals surface area contributed by atoms with Crippen LogP contribution in [0.15, 0.2) is 41.3 Å². The molecule has 146 valence electrons. The Morgan fingerprint density at radius 1 is 1.19 bits per heavy atom. The molecule has 0 radical (unpaired) electrons. The van der Waals surface area contributed by atoms with Gasteiger partial charge in [0.05, 0.1) is 10.5 Å². The molecule has 0 aromatic heterocycles. The zero-order chi connectivity index (χ0) is 20.6. The Kier molecular flexibility index (Phi) is 5.77. The first-order valence-corrected chi connectivity index (χ1v) is 9.68. The summed E-state index contributed by atoms with van der Waals surface area (Å²) < 4.78 is 68.5. The van der Waals surface area contributed by atoms with E-state index in [0.717, 1.165) is 13.2 Å². The Hall–Kier alpha value is -2.26. The average Bonchev–Trinajstić information content (AvgIpc) is 2.54. The lowest BCUT2D eigenvalue weighted by Gasteiger charge is -2.20. The second kappa shape index (κ2) is 7.40. The average molecular weight is 423 g/mol. The van der Waals surface area contributed by atoms with Gasteiger partial charge in [-0.25, -0.2) is 13.2 Å². The molecule has 10 heteroatoms. The monoisotopic (exact) mass is 422 g/mol. The van der Waals surface area contributed by atoms with E-state index in [1.807, 2.05) is 0 Å². The fraction of sp³-hybridized carbons (Fsp3) is 0.235. The molecule has 2 aromatic rings. The summed E-state index contributed by atoms with van der Waals surface area (Å²) in [4.78, 5) is 11.0. The van der Waals surface area contributed by atoms with Gasteiger partial charge in [0.2, 0.25) is 0 Å². The molecule has 0 bridgehead atoms. The number of sulfone groups is 1. The van der Waals surface area contributed by atoms with Gasteiger partial charge >= 0.3 is 12.1 Å². The van der Waals surface area contributed by atoms with Crippen molar-refractivity contribution in [3.05, 3.63) is 47.0 Å². The van der Waals surface area contributed by atoms with E-state index in [1.165, 1.54) is 30.3 Å². The first kappa shape index (κ1) is 21.0. The molecule has 27 heavy (non-hydrogen) atoms. The van der Waals surface area contributed by atoms with E-state index in [-0.39, 0.29) is 21.0 Å². The fourth-order valence-corrected chi connectivity index (χ4v) is 3.10. The van der Waals surface area contributed by atoms with E-state index in [0.29, 0.717) is 6.07 Å². The number of aliphatic carboxylic acids is 1. The van der Waals surface area contributed by atoms with E-state index in [1.54, 1.807) is 0 Å². The van der Waals surface area contributed by atoms with Gasteiger partial charge in [-0.15, -0.1) is 0 Å². The van der Waals surface area contributed by atoms with E-state index in [9.17, 15) is 26.4 Å². The van der Waals surface area contributed by atoms with Crippen molar-refractivity contribution in [2.75, 3.05) is 6.26 Å². The predicted octanol–water partition coefficient (Wildman–Crippen LogP) is 4.28. The molecule has 0 fully saturated rings. The molecule has 0 aliphatic rings. The van der Waals surface area contributed by atoms with Crippen LogP contribution in [0.25, 0.3) is 11.1 Å². The maximum atomic E-state index is 13.4. The minimum absolute atomic E-state index is 0.0225.